The number of esters is 1. The third kappa shape index (κ3) is 3.49. The highest BCUT2D eigenvalue weighted by Gasteiger charge is 2.25. The number of anilines is 2. The number of amides is 1. The Labute approximate surface area is 143 Å². The number of ether oxygens (including phenoxy) is 1. The average molecular weight is 349 g/mol. The summed E-state index contributed by atoms with van der Waals surface area (Å²) in [5, 5.41) is 2.56. The smallest absolute Gasteiger partial charge is 0.331 e. The van der Waals surface area contributed by atoms with Crippen LogP contribution in [0.5, 0.6) is 5.75 Å². The molecule has 0 bridgehead atoms. The molecule has 0 fully saturated rings. The van der Waals surface area contributed by atoms with Crippen molar-refractivity contribution in [3.05, 3.63) is 52.8 Å². The number of carbonyl (C=O) groups excluding carboxylic acids is 2. The molecule has 2 aromatic rings. The Morgan fingerprint density at radius 3 is 2.88 bits per heavy atom. The molecule has 0 aromatic heterocycles. The number of nitrogens with zero attached hydrogens (tertiary/aromatic N) is 1. The van der Waals surface area contributed by atoms with Crippen LogP contribution in [0.2, 0.25) is 5.02 Å². The summed E-state index contributed by atoms with van der Waals surface area (Å²) in [6.07, 6.45) is 0. The molecule has 0 radical (unpaired) electrons. The van der Waals surface area contributed by atoms with E-state index in [9.17, 15) is 14.0 Å². The van der Waals surface area contributed by atoms with Crippen molar-refractivity contribution in [1.82, 2.24) is 0 Å². The van der Waals surface area contributed by atoms with Gasteiger partial charge in [-0.3, -0.25) is 4.79 Å². The summed E-state index contributed by atoms with van der Waals surface area (Å²) < 4.78 is 18.3. The van der Waals surface area contributed by atoms with Gasteiger partial charge in [-0.15, -0.1) is 0 Å². The summed E-state index contributed by atoms with van der Waals surface area (Å²) in [6.45, 7) is 1.83. The molecule has 1 aliphatic rings. The van der Waals surface area contributed by atoms with Crippen LogP contribution in [0.15, 0.2) is 36.4 Å². The van der Waals surface area contributed by atoms with Crippen LogP contribution in [0.25, 0.3) is 0 Å². The van der Waals surface area contributed by atoms with Crippen LogP contribution in [0.3, 0.4) is 0 Å². The zero-order valence-electron chi connectivity index (χ0n) is 12.8. The highest BCUT2D eigenvalue weighted by atomic mass is 35.5. The van der Waals surface area contributed by atoms with Gasteiger partial charge in [0.25, 0.3) is 0 Å². The van der Waals surface area contributed by atoms with Gasteiger partial charge in [-0.25, -0.2) is 9.18 Å². The number of halogens is 2. The second-order valence-electron chi connectivity index (χ2n) is 5.48. The molecule has 1 amide bonds. The molecule has 0 unspecified atom stereocenters. The van der Waals surface area contributed by atoms with Gasteiger partial charge in [-0.1, -0.05) is 17.7 Å². The molecule has 0 spiro atoms. The van der Waals surface area contributed by atoms with E-state index in [1.165, 1.54) is 18.2 Å². The normalized spacial score (nSPS) is 13.3. The lowest BCUT2D eigenvalue weighted by atomic mass is 10.1. The fourth-order valence-corrected chi connectivity index (χ4v) is 2.63. The Balaban J connectivity index is 1.75. The van der Waals surface area contributed by atoms with E-state index in [4.69, 9.17) is 16.3 Å². The van der Waals surface area contributed by atoms with Crippen molar-refractivity contribution in [1.29, 1.82) is 0 Å². The van der Waals surface area contributed by atoms with Crippen molar-refractivity contribution in [2.75, 3.05) is 23.3 Å². The first-order valence-corrected chi connectivity index (χ1v) is 7.61. The molecular weight excluding hydrogens is 335 g/mol. The summed E-state index contributed by atoms with van der Waals surface area (Å²) >= 11 is 5.69. The van der Waals surface area contributed by atoms with E-state index in [1.54, 1.807) is 17.0 Å². The van der Waals surface area contributed by atoms with E-state index in [0.29, 0.717) is 17.1 Å². The first-order chi connectivity index (χ1) is 11.4. The summed E-state index contributed by atoms with van der Waals surface area (Å²) in [5.41, 5.74) is 2.01. The molecule has 24 heavy (non-hydrogen) atoms. The summed E-state index contributed by atoms with van der Waals surface area (Å²) in [5.74, 6) is -0.897. The number of aryl methyl sites for hydroxylation is 1. The van der Waals surface area contributed by atoms with Crippen molar-refractivity contribution < 1.29 is 18.7 Å². The molecule has 1 aliphatic heterocycles. The van der Waals surface area contributed by atoms with Gasteiger partial charge in [0.05, 0.1) is 17.3 Å². The molecule has 0 saturated carbocycles. The maximum atomic E-state index is 13.1. The van der Waals surface area contributed by atoms with E-state index < -0.39 is 11.8 Å². The van der Waals surface area contributed by atoms with E-state index in [1.807, 2.05) is 13.0 Å². The minimum absolute atomic E-state index is 0.0202. The molecule has 1 heterocycles. The predicted molar refractivity (Wildman–Crippen MR) is 89.1 cm³/mol. The highest BCUT2D eigenvalue weighted by Crippen LogP contribution is 2.32. The Hall–Kier alpha value is -2.60. The predicted octanol–water partition coefficient (Wildman–Crippen LogP) is 3.15. The maximum Gasteiger partial charge on any atom is 0.331 e. The average Bonchev–Trinajstić information content (AvgIpc) is 2.50. The molecule has 0 saturated heterocycles. The molecule has 3 rings (SSSR count). The third-order valence-electron chi connectivity index (χ3n) is 3.54. The van der Waals surface area contributed by atoms with Crippen molar-refractivity contribution in [2.45, 2.75) is 6.92 Å². The van der Waals surface area contributed by atoms with Crippen LogP contribution in [-0.2, 0) is 9.59 Å². The standard InChI is InChI=1S/C17H14ClFN2O3/c1-10-2-5-14-15(6-10)24-17(23)9-21(14)8-16(22)20-11-3-4-13(19)12(18)7-11/h2-7H,8-9H2,1H3,(H,20,22). The molecular formula is C17H14ClFN2O3. The summed E-state index contributed by atoms with van der Waals surface area (Å²) in [4.78, 5) is 25.6. The molecule has 124 valence electrons. The lowest BCUT2D eigenvalue weighted by molar-refractivity contribution is -0.133. The molecule has 1 N–H and O–H groups in total. The van der Waals surface area contributed by atoms with Gasteiger partial charge in [0, 0.05) is 5.69 Å². The van der Waals surface area contributed by atoms with Crippen LogP contribution >= 0.6 is 11.6 Å². The second kappa shape index (κ2) is 6.49. The monoisotopic (exact) mass is 348 g/mol. The Bertz CT molecular complexity index is 825. The van der Waals surface area contributed by atoms with Crippen molar-refractivity contribution in [3.63, 3.8) is 0 Å². The number of rotatable bonds is 3. The van der Waals surface area contributed by atoms with Gasteiger partial charge in [0.2, 0.25) is 5.91 Å². The quantitative estimate of drug-likeness (QED) is 0.684. The minimum Gasteiger partial charge on any atom is -0.423 e. The zero-order valence-corrected chi connectivity index (χ0v) is 13.6. The number of hydrogen-bond donors (Lipinski definition) is 1. The minimum atomic E-state index is -0.558. The highest BCUT2D eigenvalue weighted by molar-refractivity contribution is 6.31. The molecule has 7 heteroatoms. The van der Waals surface area contributed by atoms with Crippen molar-refractivity contribution in [3.8, 4) is 5.75 Å². The fraction of sp³-hybridized carbons (Fsp3) is 0.176. The van der Waals surface area contributed by atoms with Crippen LogP contribution in [0, 0.1) is 12.7 Å². The van der Waals surface area contributed by atoms with Crippen LogP contribution in [-0.4, -0.2) is 25.0 Å². The molecule has 0 aliphatic carbocycles. The van der Waals surface area contributed by atoms with Gasteiger partial charge >= 0.3 is 5.97 Å². The molecule has 2 aromatic carbocycles. The van der Waals surface area contributed by atoms with Crippen LogP contribution in [0.4, 0.5) is 15.8 Å². The summed E-state index contributed by atoms with van der Waals surface area (Å²) in [6, 6.07) is 9.35. The second-order valence-corrected chi connectivity index (χ2v) is 5.89. The van der Waals surface area contributed by atoms with Gasteiger partial charge in [0.15, 0.2) is 5.75 Å². The first kappa shape index (κ1) is 16.3. The van der Waals surface area contributed by atoms with Gasteiger partial charge in [-0.2, -0.15) is 0 Å². The maximum absolute atomic E-state index is 13.1. The van der Waals surface area contributed by atoms with E-state index in [2.05, 4.69) is 5.32 Å². The van der Waals surface area contributed by atoms with Gasteiger partial charge in [0.1, 0.15) is 12.4 Å². The number of fused-ring (bicyclic) bond motifs is 1. The van der Waals surface area contributed by atoms with Crippen LogP contribution in [0.1, 0.15) is 5.56 Å². The SMILES string of the molecule is Cc1ccc2c(c1)OC(=O)CN2CC(=O)Nc1ccc(F)c(Cl)c1. The first-order valence-electron chi connectivity index (χ1n) is 7.23. The number of hydrogen-bond acceptors (Lipinski definition) is 4. The third-order valence-corrected chi connectivity index (χ3v) is 3.83. The lowest BCUT2D eigenvalue weighted by Gasteiger charge is -2.29. The zero-order chi connectivity index (χ0) is 17.3. The van der Waals surface area contributed by atoms with Gasteiger partial charge in [-0.05, 0) is 42.8 Å². The Morgan fingerprint density at radius 1 is 1.33 bits per heavy atom. The van der Waals surface area contributed by atoms with Crippen molar-refractivity contribution >= 4 is 34.9 Å². The largest absolute Gasteiger partial charge is 0.423 e. The topological polar surface area (TPSA) is 58.6 Å². The van der Waals surface area contributed by atoms with Crippen LogP contribution < -0.4 is 15.0 Å². The van der Waals surface area contributed by atoms with E-state index in [-0.39, 0.29) is 24.0 Å². The lowest BCUT2D eigenvalue weighted by Crippen LogP contribution is -2.41. The fourth-order valence-electron chi connectivity index (χ4n) is 2.45. The summed E-state index contributed by atoms with van der Waals surface area (Å²) in [7, 11) is 0. The van der Waals surface area contributed by atoms with E-state index >= 15 is 0 Å². The molecule has 0 atom stereocenters. The molecule has 5 nitrogen and oxygen atoms in total. The number of benzene rings is 2. The number of nitrogens with one attached hydrogen (secondary N) is 1. The Morgan fingerprint density at radius 2 is 2.12 bits per heavy atom. The van der Waals surface area contributed by atoms with Gasteiger partial charge < -0.3 is 15.0 Å². The van der Waals surface area contributed by atoms with E-state index in [0.717, 1.165) is 5.56 Å². The Kier molecular flexibility index (Phi) is 4.40. The van der Waals surface area contributed by atoms with Crippen molar-refractivity contribution in [2.24, 2.45) is 0 Å². The number of carbonyl (C=O) groups is 2.